The second-order valence-corrected chi connectivity index (χ2v) is 9.13. The molecule has 0 amide bonds. The Hall–Kier alpha value is -4.78. The van der Waals surface area contributed by atoms with Gasteiger partial charge in [0.1, 0.15) is 11.6 Å². The molecule has 0 bridgehead atoms. The van der Waals surface area contributed by atoms with Crippen LogP contribution in [0.3, 0.4) is 0 Å². The normalized spacial score (nSPS) is 12.8. The lowest BCUT2D eigenvalue weighted by Crippen LogP contribution is -2.04. The molecule has 5 rings (SSSR count). The molecule has 1 aliphatic carbocycles. The zero-order valence-corrected chi connectivity index (χ0v) is 20.4. The molecule has 0 radical (unpaired) electrons. The van der Waals surface area contributed by atoms with E-state index in [1.165, 1.54) is 29.8 Å². The molecule has 0 unspecified atom stereocenters. The van der Waals surface area contributed by atoms with E-state index in [1.807, 2.05) is 12.1 Å². The third-order valence-electron chi connectivity index (χ3n) is 6.67. The standard InChI is InChI=1S/C31H24FNO5/c32-25-14-11-21(12-15-25)23-13-16-27(31(34)35)24(19-23)10-8-20-9-17-30(28(18-20)33(36)37)38-29-7-3-5-22-4-1-2-6-26(22)29/h3,5,7-19H,1-2,4,6H2,(H,34,35). The van der Waals surface area contributed by atoms with Crippen molar-refractivity contribution in [3.8, 4) is 22.6 Å². The van der Waals surface area contributed by atoms with Gasteiger partial charge in [0, 0.05) is 6.07 Å². The summed E-state index contributed by atoms with van der Waals surface area (Å²) in [5.41, 5.74) is 4.59. The molecule has 6 nitrogen and oxygen atoms in total. The van der Waals surface area contributed by atoms with Crippen LogP contribution in [-0.4, -0.2) is 16.0 Å². The molecule has 0 saturated heterocycles. The summed E-state index contributed by atoms with van der Waals surface area (Å²) in [6, 6.07) is 21.2. The van der Waals surface area contributed by atoms with Crippen LogP contribution < -0.4 is 4.74 Å². The number of hydrogen-bond donors (Lipinski definition) is 1. The number of benzene rings is 4. The number of hydrogen-bond acceptors (Lipinski definition) is 4. The largest absolute Gasteiger partial charge is 0.478 e. The predicted molar refractivity (Wildman–Crippen MR) is 144 cm³/mol. The molecule has 0 spiro atoms. The van der Waals surface area contributed by atoms with Crippen molar-refractivity contribution in [3.05, 3.63) is 123 Å². The second kappa shape index (κ2) is 10.7. The van der Waals surface area contributed by atoms with Crippen molar-refractivity contribution in [3.63, 3.8) is 0 Å². The molecule has 0 saturated carbocycles. The molecule has 190 valence electrons. The van der Waals surface area contributed by atoms with E-state index < -0.39 is 10.9 Å². The zero-order chi connectivity index (χ0) is 26.6. The minimum absolute atomic E-state index is 0.0791. The Morgan fingerprint density at radius 3 is 2.42 bits per heavy atom. The Morgan fingerprint density at radius 1 is 0.895 bits per heavy atom. The fraction of sp³-hybridized carbons (Fsp3) is 0.129. The summed E-state index contributed by atoms with van der Waals surface area (Å²) in [5.74, 6) is -0.679. The van der Waals surface area contributed by atoms with Gasteiger partial charge in [-0.2, -0.15) is 0 Å². The van der Waals surface area contributed by atoms with Gasteiger partial charge in [0.25, 0.3) is 0 Å². The Morgan fingerprint density at radius 2 is 1.66 bits per heavy atom. The van der Waals surface area contributed by atoms with Gasteiger partial charge in [-0.1, -0.05) is 48.6 Å². The van der Waals surface area contributed by atoms with Crippen LogP contribution in [-0.2, 0) is 12.8 Å². The maximum Gasteiger partial charge on any atom is 0.336 e. The summed E-state index contributed by atoms with van der Waals surface area (Å²) < 4.78 is 19.4. The lowest BCUT2D eigenvalue weighted by Gasteiger charge is -2.19. The third-order valence-corrected chi connectivity index (χ3v) is 6.67. The number of nitrogens with zero attached hydrogens (tertiary/aromatic N) is 1. The highest BCUT2D eigenvalue weighted by molar-refractivity contribution is 5.94. The van der Waals surface area contributed by atoms with E-state index in [4.69, 9.17) is 4.74 Å². The van der Waals surface area contributed by atoms with Crippen LogP contribution in [0.2, 0.25) is 0 Å². The van der Waals surface area contributed by atoms with Crippen molar-refractivity contribution in [1.29, 1.82) is 0 Å². The number of aryl methyl sites for hydroxylation is 1. The van der Waals surface area contributed by atoms with Gasteiger partial charge in [-0.05, 0) is 95.5 Å². The molecule has 0 heterocycles. The van der Waals surface area contributed by atoms with Gasteiger partial charge >= 0.3 is 11.7 Å². The lowest BCUT2D eigenvalue weighted by molar-refractivity contribution is -0.385. The average Bonchev–Trinajstić information content (AvgIpc) is 2.92. The van der Waals surface area contributed by atoms with Crippen molar-refractivity contribution in [1.82, 2.24) is 0 Å². The number of carboxylic acid groups (broad SMARTS) is 1. The minimum atomic E-state index is -1.10. The van der Waals surface area contributed by atoms with E-state index in [0.717, 1.165) is 42.4 Å². The number of halogens is 1. The average molecular weight is 510 g/mol. The van der Waals surface area contributed by atoms with E-state index in [1.54, 1.807) is 48.6 Å². The number of rotatable bonds is 7. The quantitative estimate of drug-likeness (QED) is 0.155. The summed E-state index contributed by atoms with van der Waals surface area (Å²) >= 11 is 0. The summed E-state index contributed by atoms with van der Waals surface area (Å²) in [4.78, 5) is 23.2. The number of aromatic carboxylic acids is 1. The Kier molecular flexibility index (Phi) is 7.00. The number of carboxylic acids is 1. The van der Waals surface area contributed by atoms with E-state index in [9.17, 15) is 24.4 Å². The van der Waals surface area contributed by atoms with Gasteiger partial charge in [0.15, 0.2) is 0 Å². The molecule has 4 aromatic rings. The Bertz CT molecular complexity index is 1560. The summed E-state index contributed by atoms with van der Waals surface area (Å²) in [6.07, 6.45) is 7.25. The molecule has 38 heavy (non-hydrogen) atoms. The molecule has 1 aliphatic rings. The highest BCUT2D eigenvalue weighted by Gasteiger charge is 2.20. The summed E-state index contributed by atoms with van der Waals surface area (Å²) in [7, 11) is 0. The van der Waals surface area contributed by atoms with Crippen LogP contribution in [0.5, 0.6) is 11.5 Å². The molecule has 4 aromatic carbocycles. The second-order valence-electron chi connectivity index (χ2n) is 9.13. The van der Waals surface area contributed by atoms with Crippen LogP contribution in [0, 0.1) is 15.9 Å². The van der Waals surface area contributed by atoms with Gasteiger partial charge in [-0.15, -0.1) is 0 Å². The first-order valence-electron chi connectivity index (χ1n) is 12.3. The Labute approximate surface area is 218 Å². The van der Waals surface area contributed by atoms with Gasteiger partial charge in [0.05, 0.1) is 10.5 Å². The molecular weight excluding hydrogens is 485 g/mol. The topological polar surface area (TPSA) is 89.7 Å². The van der Waals surface area contributed by atoms with E-state index in [2.05, 4.69) is 6.07 Å². The van der Waals surface area contributed by atoms with Crippen molar-refractivity contribution in [2.45, 2.75) is 25.7 Å². The Balaban J connectivity index is 1.46. The van der Waals surface area contributed by atoms with E-state index in [-0.39, 0.29) is 22.8 Å². The first kappa shape index (κ1) is 24.9. The molecule has 0 atom stereocenters. The number of nitro benzene ring substituents is 1. The predicted octanol–water partition coefficient (Wildman–Crippen LogP) is 7.94. The van der Waals surface area contributed by atoms with Gasteiger partial charge in [0.2, 0.25) is 5.75 Å². The SMILES string of the molecule is O=C(O)c1ccc(-c2ccc(F)cc2)cc1C=Cc1ccc(Oc2cccc3c2CCCC3)c([N+](=O)[O-])c1. The van der Waals surface area contributed by atoms with Crippen LogP contribution in [0.1, 0.15) is 45.5 Å². The van der Waals surface area contributed by atoms with Gasteiger partial charge in [-0.25, -0.2) is 9.18 Å². The number of fused-ring (bicyclic) bond motifs is 1. The smallest absolute Gasteiger partial charge is 0.336 e. The number of ether oxygens (including phenoxy) is 1. The number of carbonyl (C=O) groups is 1. The minimum Gasteiger partial charge on any atom is -0.478 e. The summed E-state index contributed by atoms with van der Waals surface area (Å²) in [6.45, 7) is 0. The van der Waals surface area contributed by atoms with Crippen molar-refractivity contribution < 1.29 is 24.0 Å². The first-order valence-corrected chi connectivity index (χ1v) is 12.3. The van der Waals surface area contributed by atoms with E-state index in [0.29, 0.717) is 16.9 Å². The van der Waals surface area contributed by atoms with Crippen LogP contribution in [0.4, 0.5) is 10.1 Å². The molecule has 0 fully saturated rings. The van der Waals surface area contributed by atoms with Crippen molar-refractivity contribution in [2.24, 2.45) is 0 Å². The molecule has 0 aliphatic heterocycles. The van der Waals surface area contributed by atoms with Crippen LogP contribution >= 0.6 is 0 Å². The lowest BCUT2D eigenvalue weighted by atomic mass is 9.91. The molecule has 0 aromatic heterocycles. The third kappa shape index (κ3) is 5.32. The zero-order valence-electron chi connectivity index (χ0n) is 20.4. The fourth-order valence-corrected chi connectivity index (χ4v) is 4.73. The number of nitro groups is 1. The monoisotopic (exact) mass is 509 g/mol. The van der Waals surface area contributed by atoms with Gasteiger partial charge < -0.3 is 9.84 Å². The first-order chi connectivity index (χ1) is 18.4. The maximum atomic E-state index is 13.3. The van der Waals surface area contributed by atoms with Crippen molar-refractivity contribution in [2.75, 3.05) is 0 Å². The molecular formula is C31H24FNO5. The molecule has 7 heteroatoms. The van der Waals surface area contributed by atoms with Crippen molar-refractivity contribution >= 4 is 23.8 Å². The summed E-state index contributed by atoms with van der Waals surface area (Å²) in [5, 5.41) is 21.5. The van der Waals surface area contributed by atoms with Gasteiger partial charge in [-0.3, -0.25) is 10.1 Å². The maximum absolute atomic E-state index is 13.3. The highest BCUT2D eigenvalue weighted by atomic mass is 19.1. The van der Waals surface area contributed by atoms with E-state index >= 15 is 0 Å². The highest BCUT2D eigenvalue weighted by Crippen LogP contribution is 2.37. The molecule has 1 N–H and O–H groups in total. The fourth-order valence-electron chi connectivity index (χ4n) is 4.73. The van der Waals surface area contributed by atoms with Crippen LogP contribution in [0.15, 0.2) is 78.9 Å². The van der Waals surface area contributed by atoms with Crippen LogP contribution in [0.25, 0.3) is 23.3 Å².